The van der Waals surface area contributed by atoms with Crippen molar-refractivity contribution in [1.29, 1.82) is 0 Å². The minimum Gasteiger partial charge on any atom is -0.480 e. The predicted molar refractivity (Wildman–Crippen MR) is 158 cm³/mol. The Morgan fingerprint density at radius 3 is 2.45 bits per heavy atom. The highest BCUT2D eigenvalue weighted by Gasteiger charge is 2.40. The van der Waals surface area contributed by atoms with Gasteiger partial charge in [0.05, 0.1) is 4.90 Å². The van der Waals surface area contributed by atoms with Crippen LogP contribution in [-0.4, -0.2) is 65.8 Å². The van der Waals surface area contributed by atoms with Crippen molar-refractivity contribution in [3.05, 3.63) is 84.1 Å². The van der Waals surface area contributed by atoms with Gasteiger partial charge >= 0.3 is 5.97 Å². The highest BCUT2D eigenvalue weighted by molar-refractivity contribution is 7.89. The summed E-state index contributed by atoms with van der Waals surface area (Å²) in [4.78, 5) is 41.9. The molecule has 1 aromatic heterocycles. The number of aryl methyl sites for hydroxylation is 1. The van der Waals surface area contributed by atoms with E-state index in [1.807, 2.05) is 25.1 Å². The molecule has 0 unspecified atom stereocenters. The normalized spacial score (nSPS) is 16.0. The van der Waals surface area contributed by atoms with E-state index >= 15 is 0 Å². The lowest BCUT2D eigenvalue weighted by molar-refractivity contribution is -0.142. The SMILES string of the molecule is Cc1cccc(NCCCC(=O)Nc2ccc(C[C@H](NC(=O)[C@@H]3CCCN3S(=O)(=O)c3ccccc3)C(=O)O)cc2)n1. The molecular formula is C30H35N5O6S. The lowest BCUT2D eigenvalue weighted by atomic mass is 10.0. The van der Waals surface area contributed by atoms with Gasteiger partial charge in [-0.15, -0.1) is 0 Å². The standard InChI is InChI=1S/C30H35N5O6S/c1-21-8-5-12-27(32-21)31-18-6-13-28(36)33-23-16-14-22(15-17-23)20-25(30(38)39)34-29(37)26-11-7-19-35(26)42(40,41)24-9-3-2-4-10-24/h2-5,8-10,12,14-17,25-26H,6-7,11,13,18-20H2,1H3,(H,31,32)(H,33,36)(H,34,37)(H,38,39)/t25-,26-/m0/s1. The summed E-state index contributed by atoms with van der Waals surface area (Å²) in [7, 11) is -3.90. The second kappa shape index (κ2) is 14.1. The van der Waals surface area contributed by atoms with Crippen molar-refractivity contribution in [2.45, 2.75) is 56.0 Å². The zero-order valence-corrected chi connectivity index (χ0v) is 24.1. The third-order valence-corrected chi connectivity index (χ3v) is 8.85. The van der Waals surface area contributed by atoms with Crippen molar-refractivity contribution < 1.29 is 27.9 Å². The second-order valence-electron chi connectivity index (χ2n) is 10.1. The van der Waals surface area contributed by atoms with E-state index < -0.39 is 34.0 Å². The van der Waals surface area contributed by atoms with Crippen molar-refractivity contribution in [1.82, 2.24) is 14.6 Å². The molecule has 2 heterocycles. The molecule has 3 aromatic rings. The number of pyridine rings is 1. The molecule has 12 heteroatoms. The number of nitrogens with one attached hydrogen (secondary N) is 3. The minimum absolute atomic E-state index is 0.00782. The quantitative estimate of drug-likeness (QED) is 0.220. The number of nitrogens with zero attached hydrogens (tertiary/aromatic N) is 2. The van der Waals surface area contributed by atoms with Gasteiger partial charge < -0.3 is 21.1 Å². The van der Waals surface area contributed by atoms with Gasteiger partial charge in [0.25, 0.3) is 0 Å². The summed E-state index contributed by atoms with van der Waals surface area (Å²) in [5.41, 5.74) is 2.12. The Kier molecular flexibility index (Phi) is 10.3. The van der Waals surface area contributed by atoms with E-state index in [2.05, 4.69) is 20.9 Å². The molecule has 2 aromatic carbocycles. The summed E-state index contributed by atoms with van der Waals surface area (Å²) in [5.74, 6) is -1.26. The van der Waals surface area contributed by atoms with Gasteiger partial charge in [-0.25, -0.2) is 18.2 Å². The Bertz CT molecular complexity index is 1500. The van der Waals surface area contributed by atoms with Gasteiger partial charge in [0, 0.05) is 37.3 Å². The molecule has 0 bridgehead atoms. The molecule has 1 aliphatic rings. The molecule has 0 spiro atoms. The van der Waals surface area contributed by atoms with Crippen LogP contribution in [0.5, 0.6) is 0 Å². The number of amides is 2. The Hall–Kier alpha value is -4.29. The minimum atomic E-state index is -3.90. The third-order valence-electron chi connectivity index (χ3n) is 6.92. The maximum Gasteiger partial charge on any atom is 0.326 e. The molecule has 42 heavy (non-hydrogen) atoms. The summed E-state index contributed by atoms with van der Waals surface area (Å²) < 4.78 is 27.4. The van der Waals surface area contributed by atoms with E-state index in [9.17, 15) is 27.9 Å². The molecule has 4 N–H and O–H groups in total. The summed E-state index contributed by atoms with van der Waals surface area (Å²) in [6.07, 6.45) is 1.72. The summed E-state index contributed by atoms with van der Waals surface area (Å²) in [6.45, 7) is 2.69. The molecule has 222 valence electrons. The first kappa shape index (κ1) is 30.7. The van der Waals surface area contributed by atoms with Crippen LogP contribution in [0.4, 0.5) is 11.5 Å². The summed E-state index contributed by atoms with van der Waals surface area (Å²) in [6, 6.07) is 18.0. The highest BCUT2D eigenvalue weighted by atomic mass is 32.2. The van der Waals surface area contributed by atoms with E-state index in [-0.39, 0.29) is 23.8 Å². The number of benzene rings is 2. The number of aliphatic carboxylic acids is 1. The number of aromatic nitrogens is 1. The van der Waals surface area contributed by atoms with Gasteiger partial charge in [-0.3, -0.25) is 9.59 Å². The lowest BCUT2D eigenvalue weighted by Crippen LogP contribution is -2.51. The van der Waals surface area contributed by atoms with E-state index in [1.54, 1.807) is 42.5 Å². The molecule has 0 aliphatic carbocycles. The molecular weight excluding hydrogens is 558 g/mol. The molecule has 4 rings (SSSR count). The van der Waals surface area contributed by atoms with Gasteiger partial charge in [0.15, 0.2) is 0 Å². The molecule has 2 atom stereocenters. The van der Waals surface area contributed by atoms with Crippen LogP contribution in [0.1, 0.15) is 36.9 Å². The van der Waals surface area contributed by atoms with Crippen LogP contribution in [0.15, 0.2) is 77.7 Å². The second-order valence-corrected chi connectivity index (χ2v) is 12.0. The van der Waals surface area contributed by atoms with Crippen LogP contribution in [-0.2, 0) is 30.8 Å². The number of sulfonamides is 1. The van der Waals surface area contributed by atoms with Gasteiger partial charge in [0.1, 0.15) is 17.9 Å². The Balaban J connectivity index is 1.28. The van der Waals surface area contributed by atoms with Crippen LogP contribution in [0.25, 0.3) is 0 Å². The van der Waals surface area contributed by atoms with Gasteiger partial charge in [-0.05, 0) is 68.1 Å². The van der Waals surface area contributed by atoms with Crippen LogP contribution in [0.2, 0.25) is 0 Å². The molecule has 11 nitrogen and oxygen atoms in total. The number of carboxylic acids is 1. The van der Waals surface area contributed by atoms with E-state index in [4.69, 9.17) is 0 Å². The van der Waals surface area contributed by atoms with Crippen LogP contribution in [0.3, 0.4) is 0 Å². The molecule has 1 saturated heterocycles. The van der Waals surface area contributed by atoms with Crippen molar-refractivity contribution in [2.24, 2.45) is 0 Å². The van der Waals surface area contributed by atoms with E-state index in [0.717, 1.165) is 15.8 Å². The van der Waals surface area contributed by atoms with Crippen molar-refractivity contribution in [3.63, 3.8) is 0 Å². The first-order valence-corrected chi connectivity index (χ1v) is 15.2. The molecule has 1 fully saturated rings. The monoisotopic (exact) mass is 593 g/mol. The lowest BCUT2D eigenvalue weighted by Gasteiger charge is -2.25. The number of hydrogen-bond acceptors (Lipinski definition) is 7. The van der Waals surface area contributed by atoms with Gasteiger partial charge in [-0.1, -0.05) is 36.4 Å². The van der Waals surface area contributed by atoms with Crippen molar-refractivity contribution >= 4 is 39.3 Å². The topological polar surface area (TPSA) is 158 Å². The fourth-order valence-corrected chi connectivity index (χ4v) is 6.45. The number of carboxylic acid groups (broad SMARTS) is 1. The molecule has 0 radical (unpaired) electrons. The van der Waals surface area contributed by atoms with Crippen molar-refractivity contribution in [2.75, 3.05) is 23.7 Å². The van der Waals surface area contributed by atoms with Crippen LogP contribution >= 0.6 is 0 Å². The van der Waals surface area contributed by atoms with Gasteiger partial charge in [0.2, 0.25) is 21.8 Å². The van der Waals surface area contributed by atoms with Crippen LogP contribution < -0.4 is 16.0 Å². The van der Waals surface area contributed by atoms with E-state index in [1.165, 1.54) is 12.1 Å². The Morgan fingerprint density at radius 1 is 1.02 bits per heavy atom. The number of carbonyl (C=O) groups excluding carboxylic acids is 2. The molecule has 2 amide bonds. The third kappa shape index (κ3) is 8.14. The Labute approximate surface area is 245 Å². The average molecular weight is 594 g/mol. The number of rotatable bonds is 13. The summed E-state index contributed by atoms with van der Waals surface area (Å²) in [5, 5.41) is 18.3. The number of carbonyl (C=O) groups is 3. The zero-order chi connectivity index (χ0) is 30.1. The predicted octanol–water partition coefficient (Wildman–Crippen LogP) is 3.19. The number of anilines is 2. The Morgan fingerprint density at radius 2 is 1.76 bits per heavy atom. The molecule has 0 saturated carbocycles. The molecule has 1 aliphatic heterocycles. The van der Waals surface area contributed by atoms with E-state index in [0.29, 0.717) is 43.5 Å². The average Bonchev–Trinajstić information content (AvgIpc) is 3.48. The first-order valence-electron chi connectivity index (χ1n) is 13.8. The van der Waals surface area contributed by atoms with Crippen molar-refractivity contribution in [3.8, 4) is 0 Å². The fraction of sp³-hybridized carbons (Fsp3) is 0.333. The maximum absolute atomic E-state index is 13.1. The largest absolute Gasteiger partial charge is 0.480 e. The fourth-order valence-electron chi connectivity index (χ4n) is 4.78. The smallest absolute Gasteiger partial charge is 0.326 e. The van der Waals surface area contributed by atoms with Gasteiger partial charge in [-0.2, -0.15) is 4.31 Å². The highest BCUT2D eigenvalue weighted by Crippen LogP contribution is 2.26. The first-order chi connectivity index (χ1) is 20.1. The number of hydrogen-bond donors (Lipinski definition) is 4. The summed E-state index contributed by atoms with van der Waals surface area (Å²) >= 11 is 0. The van der Waals surface area contributed by atoms with Crippen LogP contribution in [0, 0.1) is 6.92 Å². The maximum atomic E-state index is 13.1. The zero-order valence-electron chi connectivity index (χ0n) is 23.3.